The number of carbonyl (C=O) groups is 1. The quantitative estimate of drug-likeness (QED) is 0.641. The van der Waals surface area contributed by atoms with Gasteiger partial charge >= 0.3 is 5.97 Å². The van der Waals surface area contributed by atoms with Crippen LogP contribution >= 0.6 is 11.6 Å². The van der Waals surface area contributed by atoms with Crippen LogP contribution in [0.1, 0.15) is 30.1 Å². The number of imidazole rings is 1. The summed E-state index contributed by atoms with van der Waals surface area (Å²) in [5.74, 6) is 0.352. The number of alkyl halides is 1. The number of esters is 1. The summed E-state index contributed by atoms with van der Waals surface area (Å²) in [6.45, 7) is 2.23. The van der Waals surface area contributed by atoms with Crippen LogP contribution in [0.2, 0.25) is 0 Å². The topological polar surface area (TPSA) is 67.9 Å². The predicted molar refractivity (Wildman–Crippen MR) is 75.3 cm³/mol. The number of benzene rings is 1. The van der Waals surface area contributed by atoms with Gasteiger partial charge in [-0.2, -0.15) is 5.26 Å². The number of halogens is 1. The molecule has 0 saturated carbocycles. The fourth-order valence-electron chi connectivity index (χ4n) is 2.10. The first-order valence-electron chi connectivity index (χ1n) is 6.18. The van der Waals surface area contributed by atoms with Crippen LogP contribution in [-0.4, -0.2) is 22.6 Å². The second-order valence-electron chi connectivity index (χ2n) is 4.35. The lowest BCUT2D eigenvalue weighted by molar-refractivity contribution is -0.140. The highest BCUT2D eigenvalue weighted by molar-refractivity contribution is 6.20. The number of hydrogen-bond acceptors (Lipinski definition) is 4. The monoisotopic (exact) mass is 291 g/mol. The van der Waals surface area contributed by atoms with Crippen molar-refractivity contribution in [3.8, 4) is 6.07 Å². The van der Waals surface area contributed by atoms with E-state index < -0.39 is 0 Å². The Kier molecular flexibility index (Phi) is 4.26. The normalized spacial score (nSPS) is 12.1. The summed E-state index contributed by atoms with van der Waals surface area (Å²) in [7, 11) is 1.35. The molecule has 0 spiro atoms. The second kappa shape index (κ2) is 5.93. The smallest absolute Gasteiger partial charge is 0.307 e. The highest BCUT2D eigenvalue weighted by Gasteiger charge is 2.17. The van der Waals surface area contributed by atoms with E-state index in [1.165, 1.54) is 7.11 Å². The molecule has 1 heterocycles. The Morgan fingerprint density at radius 3 is 2.95 bits per heavy atom. The lowest BCUT2D eigenvalue weighted by Gasteiger charge is -2.09. The summed E-state index contributed by atoms with van der Waals surface area (Å²) in [5.41, 5.74) is 1.91. The zero-order chi connectivity index (χ0) is 14.7. The molecule has 2 rings (SSSR count). The Morgan fingerprint density at radius 1 is 1.60 bits per heavy atom. The molecule has 0 aliphatic carbocycles. The van der Waals surface area contributed by atoms with E-state index in [-0.39, 0.29) is 17.8 Å². The third-order valence-corrected chi connectivity index (χ3v) is 3.25. The van der Waals surface area contributed by atoms with Crippen molar-refractivity contribution in [2.24, 2.45) is 0 Å². The zero-order valence-electron chi connectivity index (χ0n) is 11.3. The van der Waals surface area contributed by atoms with Crippen LogP contribution in [0.5, 0.6) is 0 Å². The van der Waals surface area contributed by atoms with Crippen molar-refractivity contribution in [3.63, 3.8) is 0 Å². The van der Waals surface area contributed by atoms with Crippen LogP contribution in [0, 0.1) is 11.3 Å². The van der Waals surface area contributed by atoms with Crippen molar-refractivity contribution in [2.45, 2.75) is 25.3 Å². The Labute approximate surface area is 121 Å². The Balaban J connectivity index is 2.52. The lowest BCUT2D eigenvalue weighted by atomic mass is 10.2. The maximum Gasteiger partial charge on any atom is 0.307 e. The highest BCUT2D eigenvalue weighted by Crippen LogP contribution is 2.26. The number of rotatable bonds is 4. The van der Waals surface area contributed by atoms with Gasteiger partial charge in [0, 0.05) is 6.54 Å². The van der Waals surface area contributed by atoms with E-state index in [2.05, 4.69) is 15.8 Å². The van der Waals surface area contributed by atoms with Gasteiger partial charge in [0.2, 0.25) is 0 Å². The van der Waals surface area contributed by atoms with Gasteiger partial charge in [-0.15, -0.1) is 11.6 Å². The van der Waals surface area contributed by atoms with E-state index in [4.69, 9.17) is 16.9 Å². The minimum atomic E-state index is -0.313. The van der Waals surface area contributed by atoms with Gasteiger partial charge in [0.05, 0.1) is 30.0 Å². The number of nitriles is 1. The SMILES string of the molecule is COC(=O)CCn1c(C(C)Cl)nc2c(C#N)cccc21. The molecule has 1 unspecified atom stereocenters. The third kappa shape index (κ3) is 2.61. The fourth-order valence-corrected chi connectivity index (χ4v) is 2.27. The van der Waals surface area contributed by atoms with Crippen molar-refractivity contribution < 1.29 is 9.53 Å². The number of fused-ring (bicyclic) bond motifs is 1. The molecular formula is C14H14ClN3O2. The number of ether oxygens (including phenoxy) is 1. The number of nitrogens with zero attached hydrogens (tertiary/aromatic N) is 3. The molecular weight excluding hydrogens is 278 g/mol. The van der Waals surface area contributed by atoms with Crippen molar-refractivity contribution in [2.75, 3.05) is 7.11 Å². The molecule has 0 amide bonds. The van der Waals surface area contributed by atoms with Crippen LogP contribution in [0.4, 0.5) is 0 Å². The summed E-state index contributed by atoms with van der Waals surface area (Å²) in [6, 6.07) is 7.48. The predicted octanol–water partition coefficient (Wildman–Crippen LogP) is 2.77. The van der Waals surface area contributed by atoms with Crippen LogP contribution in [0.15, 0.2) is 18.2 Å². The average Bonchev–Trinajstić information content (AvgIpc) is 2.83. The van der Waals surface area contributed by atoms with Crippen molar-refractivity contribution in [1.82, 2.24) is 9.55 Å². The fraction of sp³-hybridized carbons (Fsp3) is 0.357. The van der Waals surface area contributed by atoms with Gasteiger partial charge in [0.1, 0.15) is 17.4 Å². The van der Waals surface area contributed by atoms with Crippen LogP contribution < -0.4 is 0 Å². The summed E-state index contributed by atoms with van der Waals surface area (Å²) in [6.07, 6.45) is 0.231. The van der Waals surface area contributed by atoms with Gasteiger partial charge in [-0.1, -0.05) is 6.07 Å². The Bertz CT molecular complexity index is 686. The van der Waals surface area contributed by atoms with Gasteiger partial charge in [0.15, 0.2) is 0 Å². The number of carbonyl (C=O) groups excluding carboxylic acids is 1. The van der Waals surface area contributed by atoms with E-state index >= 15 is 0 Å². The Morgan fingerprint density at radius 2 is 2.35 bits per heavy atom. The summed E-state index contributed by atoms with van der Waals surface area (Å²) in [5, 5.41) is 8.81. The number of hydrogen-bond donors (Lipinski definition) is 0. The molecule has 104 valence electrons. The molecule has 0 radical (unpaired) electrons. The molecule has 0 fully saturated rings. The lowest BCUT2D eigenvalue weighted by Crippen LogP contribution is -2.10. The van der Waals surface area contributed by atoms with E-state index in [0.29, 0.717) is 23.4 Å². The molecule has 0 N–H and O–H groups in total. The van der Waals surface area contributed by atoms with Gasteiger partial charge in [-0.05, 0) is 19.1 Å². The molecule has 0 saturated heterocycles. The van der Waals surface area contributed by atoms with Crippen molar-refractivity contribution in [1.29, 1.82) is 5.26 Å². The number of para-hydroxylation sites is 1. The van der Waals surface area contributed by atoms with Gasteiger partial charge < -0.3 is 9.30 Å². The summed E-state index contributed by atoms with van der Waals surface area (Å²) < 4.78 is 6.51. The zero-order valence-corrected chi connectivity index (χ0v) is 12.0. The number of aromatic nitrogens is 2. The minimum Gasteiger partial charge on any atom is -0.469 e. The molecule has 1 aromatic carbocycles. The van der Waals surface area contributed by atoms with Crippen LogP contribution in [0.25, 0.3) is 11.0 Å². The number of methoxy groups -OCH3 is 1. The highest BCUT2D eigenvalue weighted by atomic mass is 35.5. The molecule has 0 aliphatic heterocycles. The Hall–Kier alpha value is -2.06. The van der Waals surface area contributed by atoms with Crippen LogP contribution in [0.3, 0.4) is 0 Å². The maximum absolute atomic E-state index is 11.3. The largest absolute Gasteiger partial charge is 0.469 e. The molecule has 1 atom stereocenters. The average molecular weight is 292 g/mol. The van der Waals surface area contributed by atoms with E-state index in [9.17, 15) is 4.79 Å². The molecule has 6 heteroatoms. The first-order valence-corrected chi connectivity index (χ1v) is 6.62. The van der Waals surface area contributed by atoms with Crippen molar-refractivity contribution in [3.05, 3.63) is 29.6 Å². The van der Waals surface area contributed by atoms with E-state index in [1.54, 1.807) is 12.1 Å². The molecule has 0 bridgehead atoms. The van der Waals surface area contributed by atoms with Gasteiger partial charge in [0.25, 0.3) is 0 Å². The first kappa shape index (κ1) is 14.4. The van der Waals surface area contributed by atoms with E-state index in [0.717, 1.165) is 5.52 Å². The first-order chi connectivity index (χ1) is 9.58. The third-order valence-electron chi connectivity index (χ3n) is 3.05. The maximum atomic E-state index is 11.3. The van der Waals surface area contributed by atoms with Crippen molar-refractivity contribution >= 4 is 28.6 Å². The molecule has 1 aromatic heterocycles. The summed E-state index contributed by atoms with van der Waals surface area (Å²) in [4.78, 5) is 15.7. The molecule has 2 aromatic rings. The molecule has 5 nitrogen and oxygen atoms in total. The van der Waals surface area contributed by atoms with E-state index in [1.807, 2.05) is 17.6 Å². The number of aryl methyl sites for hydroxylation is 1. The standard InChI is InChI=1S/C14H14ClN3O2/c1-9(15)14-17-13-10(8-16)4-3-5-11(13)18(14)7-6-12(19)20-2/h3-5,9H,6-7H2,1-2H3. The second-order valence-corrected chi connectivity index (χ2v) is 5.00. The minimum absolute atomic E-state index is 0.231. The molecule has 20 heavy (non-hydrogen) atoms. The molecule has 0 aliphatic rings. The van der Waals surface area contributed by atoms with Gasteiger partial charge in [-0.3, -0.25) is 4.79 Å². The summed E-state index contributed by atoms with van der Waals surface area (Å²) >= 11 is 6.14. The van der Waals surface area contributed by atoms with Gasteiger partial charge in [-0.25, -0.2) is 4.98 Å². The van der Waals surface area contributed by atoms with Crippen LogP contribution in [-0.2, 0) is 16.1 Å².